The first-order valence-corrected chi connectivity index (χ1v) is 6.63. The summed E-state index contributed by atoms with van der Waals surface area (Å²) in [4.78, 5) is 0. The third kappa shape index (κ3) is 3.80. The molecule has 0 bridgehead atoms. The molecule has 16 heavy (non-hydrogen) atoms. The zero-order chi connectivity index (χ0) is 12.0. The third-order valence-electron chi connectivity index (χ3n) is 2.99. The van der Waals surface area contributed by atoms with Gasteiger partial charge < -0.3 is 10.4 Å². The molecular weight excluding hydrogens is 266 g/mol. The van der Waals surface area contributed by atoms with Gasteiger partial charge in [-0.2, -0.15) is 0 Å². The van der Waals surface area contributed by atoms with Gasteiger partial charge in [0.05, 0.1) is 12.6 Å². The minimum Gasteiger partial charge on any atom is -0.394 e. The van der Waals surface area contributed by atoms with Crippen LogP contribution in [-0.4, -0.2) is 17.8 Å². The molecule has 0 saturated heterocycles. The molecule has 1 rings (SSSR count). The van der Waals surface area contributed by atoms with E-state index in [9.17, 15) is 5.11 Å². The maximum absolute atomic E-state index is 9.42. The van der Waals surface area contributed by atoms with Gasteiger partial charge in [0.25, 0.3) is 0 Å². The maximum Gasteiger partial charge on any atom is 0.0635 e. The van der Waals surface area contributed by atoms with E-state index in [1.54, 1.807) is 0 Å². The number of rotatable bonds is 6. The summed E-state index contributed by atoms with van der Waals surface area (Å²) in [5.41, 5.74) is 1.06. The van der Waals surface area contributed by atoms with Crippen LogP contribution in [0, 0.1) is 5.92 Å². The molecule has 1 aromatic carbocycles. The van der Waals surface area contributed by atoms with Gasteiger partial charge in [-0.15, -0.1) is 0 Å². The van der Waals surface area contributed by atoms with Crippen molar-refractivity contribution in [3.05, 3.63) is 28.7 Å². The van der Waals surface area contributed by atoms with Crippen LogP contribution in [0.1, 0.15) is 26.7 Å². The number of aliphatic hydroxyl groups is 1. The summed E-state index contributed by atoms with van der Waals surface area (Å²) >= 11 is 3.44. The summed E-state index contributed by atoms with van der Waals surface area (Å²) in [6, 6.07) is 8.19. The second kappa shape index (κ2) is 6.92. The summed E-state index contributed by atoms with van der Waals surface area (Å²) in [5, 5.41) is 12.8. The lowest BCUT2D eigenvalue weighted by Gasteiger charge is -2.25. The first-order chi connectivity index (χ1) is 7.71. The molecule has 2 N–H and O–H groups in total. The lowest BCUT2D eigenvalue weighted by Crippen LogP contribution is -2.32. The lowest BCUT2D eigenvalue weighted by molar-refractivity contribution is 0.231. The van der Waals surface area contributed by atoms with Gasteiger partial charge in [0.1, 0.15) is 0 Å². The zero-order valence-corrected chi connectivity index (χ0v) is 11.5. The van der Waals surface area contributed by atoms with E-state index in [1.807, 2.05) is 24.3 Å². The molecule has 0 amide bonds. The van der Waals surface area contributed by atoms with Gasteiger partial charge in [0, 0.05) is 10.2 Å². The first kappa shape index (κ1) is 13.5. The van der Waals surface area contributed by atoms with Crippen molar-refractivity contribution < 1.29 is 5.11 Å². The van der Waals surface area contributed by atoms with Gasteiger partial charge in [0.15, 0.2) is 0 Å². The number of anilines is 1. The molecule has 2 nitrogen and oxygen atoms in total. The molecule has 90 valence electrons. The first-order valence-electron chi connectivity index (χ1n) is 5.84. The highest BCUT2D eigenvalue weighted by atomic mass is 79.9. The predicted molar refractivity (Wildman–Crippen MR) is 72.7 cm³/mol. The Morgan fingerprint density at radius 2 is 2.00 bits per heavy atom. The molecule has 0 radical (unpaired) electrons. The molecule has 1 aromatic rings. The lowest BCUT2D eigenvalue weighted by atomic mass is 9.94. The normalized spacial score (nSPS) is 12.8. The Bertz CT molecular complexity index is 313. The van der Waals surface area contributed by atoms with E-state index < -0.39 is 0 Å². The highest BCUT2D eigenvalue weighted by Crippen LogP contribution is 2.20. The Morgan fingerprint density at radius 1 is 1.31 bits per heavy atom. The Hall–Kier alpha value is -0.540. The van der Waals surface area contributed by atoms with Gasteiger partial charge in [-0.25, -0.2) is 0 Å². The molecular formula is C13H20BrNO. The summed E-state index contributed by atoms with van der Waals surface area (Å²) < 4.78 is 1.05. The van der Waals surface area contributed by atoms with Crippen molar-refractivity contribution in [2.24, 2.45) is 5.92 Å². The van der Waals surface area contributed by atoms with E-state index in [2.05, 4.69) is 35.1 Å². The minimum atomic E-state index is 0.143. The topological polar surface area (TPSA) is 32.3 Å². The smallest absolute Gasteiger partial charge is 0.0635 e. The number of halogens is 1. The molecule has 3 heteroatoms. The SMILES string of the molecule is CCC(CC)C(CO)Nc1cccc(Br)c1. The van der Waals surface area contributed by atoms with Crippen molar-refractivity contribution in [3.8, 4) is 0 Å². The van der Waals surface area contributed by atoms with Crippen LogP contribution in [0.5, 0.6) is 0 Å². The van der Waals surface area contributed by atoms with Crippen LogP contribution in [0.2, 0.25) is 0 Å². The second-order valence-corrected chi connectivity index (χ2v) is 4.94. The summed E-state index contributed by atoms with van der Waals surface area (Å²) in [5.74, 6) is 0.518. The van der Waals surface area contributed by atoms with Crippen molar-refractivity contribution in [1.29, 1.82) is 0 Å². The van der Waals surface area contributed by atoms with Gasteiger partial charge in [-0.1, -0.05) is 48.7 Å². The van der Waals surface area contributed by atoms with Gasteiger partial charge in [-0.3, -0.25) is 0 Å². The molecule has 0 spiro atoms. The van der Waals surface area contributed by atoms with Gasteiger partial charge in [0.2, 0.25) is 0 Å². The van der Waals surface area contributed by atoms with Crippen LogP contribution in [-0.2, 0) is 0 Å². The monoisotopic (exact) mass is 285 g/mol. The Kier molecular flexibility index (Phi) is 5.85. The molecule has 0 saturated carbocycles. The van der Waals surface area contributed by atoms with E-state index in [0.29, 0.717) is 5.92 Å². The number of benzene rings is 1. The van der Waals surface area contributed by atoms with Crippen LogP contribution in [0.15, 0.2) is 28.7 Å². The fourth-order valence-electron chi connectivity index (χ4n) is 1.96. The maximum atomic E-state index is 9.42. The van der Waals surface area contributed by atoms with Crippen molar-refractivity contribution in [1.82, 2.24) is 0 Å². The summed E-state index contributed by atoms with van der Waals surface area (Å²) in [7, 11) is 0. The van der Waals surface area contributed by atoms with E-state index in [-0.39, 0.29) is 12.6 Å². The average Bonchev–Trinajstić information content (AvgIpc) is 2.29. The highest BCUT2D eigenvalue weighted by Gasteiger charge is 2.17. The van der Waals surface area contributed by atoms with Crippen molar-refractivity contribution in [2.45, 2.75) is 32.7 Å². The standard InChI is InChI=1S/C13H20BrNO/c1-3-10(4-2)13(9-16)15-12-7-5-6-11(14)8-12/h5-8,10,13,15-16H,3-4,9H2,1-2H3. The molecule has 0 aliphatic carbocycles. The van der Waals surface area contributed by atoms with E-state index in [4.69, 9.17) is 0 Å². The van der Waals surface area contributed by atoms with Crippen molar-refractivity contribution in [2.75, 3.05) is 11.9 Å². The predicted octanol–water partition coefficient (Wildman–Crippen LogP) is 3.66. The van der Waals surface area contributed by atoms with Crippen molar-refractivity contribution >= 4 is 21.6 Å². The Morgan fingerprint density at radius 3 is 2.50 bits per heavy atom. The van der Waals surface area contributed by atoms with Gasteiger partial charge in [-0.05, 0) is 24.1 Å². The van der Waals surface area contributed by atoms with Crippen LogP contribution in [0.4, 0.5) is 5.69 Å². The molecule has 0 heterocycles. The molecule has 0 fully saturated rings. The molecule has 0 aliphatic rings. The fraction of sp³-hybridized carbons (Fsp3) is 0.538. The third-order valence-corrected chi connectivity index (χ3v) is 3.48. The fourth-order valence-corrected chi connectivity index (χ4v) is 2.36. The number of aliphatic hydroxyl groups excluding tert-OH is 1. The average molecular weight is 286 g/mol. The van der Waals surface area contributed by atoms with Crippen LogP contribution < -0.4 is 5.32 Å². The Balaban J connectivity index is 2.69. The summed E-state index contributed by atoms with van der Waals surface area (Å²) in [6.07, 6.45) is 2.17. The van der Waals surface area contributed by atoms with Crippen LogP contribution in [0.25, 0.3) is 0 Å². The van der Waals surface area contributed by atoms with E-state index >= 15 is 0 Å². The minimum absolute atomic E-state index is 0.143. The molecule has 1 atom stereocenters. The van der Waals surface area contributed by atoms with Crippen LogP contribution >= 0.6 is 15.9 Å². The molecule has 0 aliphatic heterocycles. The molecule has 1 unspecified atom stereocenters. The second-order valence-electron chi connectivity index (χ2n) is 4.02. The van der Waals surface area contributed by atoms with E-state index in [0.717, 1.165) is 23.0 Å². The summed E-state index contributed by atoms with van der Waals surface area (Å²) in [6.45, 7) is 4.51. The zero-order valence-electron chi connectivity index (χ0n) is 9.91. The number of nitrogens with one attached hydrogen (secondary N) is 1. The van der Waals surface area contributed by atoms with Gasteiger partial charge >= 0.3 is 0 Å². The Labute approximate surface area is 106 Å². The molecule has 0 aromatic heterocycles. The highest BCUT2D eigenvalue weighted by molar-refractivity contribution is 9.10. The largest absolute Gasteiger partial charge is 0.394 e. The van der Waals surface area contributed by atoms with Crippen LogP contribution in [0.3, 0.4) is 0 Å². The van der Waals surface area contributed by atoms with E-state index in [1.165, 1.54) is 0 Å². The van der Waals surface area contributed by atoms with Crippen molar-refractivity contribution in [3.63, 3.8) is 0 Å². The number of hydrogen-bond donors (Lipinski definition) is 2. The quantitative estimate of drug-likeness (QED) is 0.836. The number of hydrogen-bond acceptors (Lipinski definition) is 2.